The fourth-order valence-corrected chi connectivity index (χ4v) is 4.09. The Morgan fingerprint density at radius 2 is 1.61 bits per heavy atom. The maximum atomic E-state index is 13.4. The first kappa shape index (κ1) is 21.0. The number of hydrogen-bond acceptors (Lipinski definition) is 4. The molecule has 31 heavy (non-hydrogen) atoms. The van der Waals surface area contributed by atoms with Crippen LogP contribution in [0.4, 0.5) is 4.39 Å². The highest BCUT2D eigenvalue weighted by atomic mass is 19.1. The van der Waals surface area contributed by atoms with E-state index in [1.807, 2.05) is 12.1 Å². The first-order valence-electron chi connectivity index (χ1n) is 10.2. The Hall–Kier alpha value is -3.29. The molecule has 4 rings (SSSR count). The van der Waals surface area contributed by atoms with Crippen LogP contribution in [-0.2, 0) is 15.1 Å². The van der Waals surface area contributed by atoms with E-state index in [1.54, 1.807) is 41.9 Å². The second kappa shape index (κ2) is 8.83. The van der Waals surface area contributed by atoms with E-state index in [0.29, 0.717) is 36.3 Å². The lowest BCUT2D eigenvalue weighted by atomic mass is 9.83. The van der Waals surface area contributed by atoms with Gasteiger partial charge in [-0.15, -0.1) is 0 Å². The lowest BCUT2D eigenvalue weighted by molar-refractivity contribution is -0.125. The highest BCUT2D eigenvalue weighted by molar-refractivity contribution is 5.96. The SMILES string of the molecule is O=C(NO)C1=CC=C(NC(=O)c2ccc(C3(c4ccc(F)cc4)CCCO3)cc2)CC1. The van der Waals surface area contributed by atoms with Crippen molar-refractivity contribution >= 4 is 11.8 Å². The van der Waals surface area contributed by atoms with Gasteiger partial charge in [0.15, 0.2) is 0 Å². The number of amides is 2. The Kier molecular flexibility index (Phi) is 5.97. The van der Waals surface area contributed by atoms with Crippen LogP contribution in [0.25, 0.3) is 0 Å². The number of nitrogens with one attached hydrogen (secondary N) is 2. The molecule has 2 aromatic rings. The molecular weight excluding hydrogens is 399 g/mol. The third-order valence-electron chi connectivity index (χ3n) is 5.76. The Balaban J connectivity index is 1.50. The number of ether oxygens (including phenoxy) is 1. The molecule has 3 N–H and O–H groups in total. The minimum Gasteiger partial charge on any atom is -0.366 e. The van der Waals surface area contributed by atoms with E-state index in [4.69, 9.17) is 9.94 Å². The van der Waals surface area contributed by atoms with Crippen molar-refractivity contribution in [3.8, 4) is 0 Å². The van der Waals surface area contributed by atoms with Crippen molar-refractivity contribution in [2.75, 3.05) is 6.61 Å². The van der Waals surface area contributed by atoms with Crippen molar-refractivity contribution in [2.45, 2.75) is 31.3 Å². The molecular formula is C24H23FN2O4. The molecule has 1 atom stereocenters. The van der Waals surface area contributed by atoms with Crippen LogP contribution in [0.15, 0.2) is 72.0 Å². The Labute approximate surface area is 179 Å². The summed E-state index contributed by atoms with van der Waals surface area (Å²) in [7, 11) is 0. The standard InChI is InChI=1S/C24H23FN2O4/c25-20-10-8-19(9-11-20)24(14-1-15-31-24)18-6-2-16(3-7-18)22(28)26-21-12-4-17(5-13-21)23(29)27-30/h2-4,6-12,30H,1,5,13-15H2,(H,26,28)(H,27,29). The van der Waals surface area contributed by atoms with E-state index in [-0.39, 0.29) is 11.7 Å². The predicted octanol–water partition coefficient (Wildman–Crippen LogP) is 3.72. The van der Waals surface area contributed by atoms with E-state index >= 15 is 0 Å². The van der Waals surface area contributed by atoms with Crippen molar-refractivity contribution in [1.29, 1.82) is 0 Å². The Morgan fingerprint density at radius 1 is 0.935 bits per heavy atom. The largest absolute Gasteiger partial charge is 0.366 e. The smallest absolute Gasteiger partial charge is 0.270 e. The van der Waals surface area contributed by atoms with Crippen LogP contribution in [0, 0.1) is 5.82 Å². The zero-order chi connectivity index (χ0) is 21.8. The number of hydrogen-bond donors (Lipinski definition) is 3. The quantitative estimate of drug-likeness (QED) is 0.506. The average Bonchev–Trinajstić information content (AvgIpc) is 3.31. The molecule has 0 radical (unpaired) electrons. The lowest BCUT2D eigenvalue weighted by Crippen LogP contribution is -2.27. The van der Waals surface area contributed by atoms with Gasteiger partial charge in [0.05, 0.1) is 0 Å². The zero-order valence-corrected chi connectivity index (χ0v) is 16.9. The van der Waals surface area contributed by atoms with Gasteiger partial charge >= 0.3 is 0 Å². The van der Waals surface area contributed by atoms with Crippen LogP contribution in [0.1, 0.15) is 47.2 Å². The fraction of sp³-hybridized carbons (Fsp3) is 0.250. The predicted molar refractivity (Wildman–Crippen MR) is 112 cm³/mol. The van der Waals surface area contributed by atoms with Crippen LogP contribution in [0.3, 0.4) is 0 Å². The van der Waals surface area contributed by atoms with Crippen LogP contribution in [-0.4, -0.2) is 23.6 Å². The van der Waals surface area contributed by atoms with Gasteiger partial charge in [0.2, 0.25) is 0 Å². The number of hydroxylamine groups is 1. The molecule has 7 heteroatoms. The summed E-state index contributed by atoms with van der Waals surface area (Å²) >= 11 is 0. The van der Waals surface area contributed by atoms with E-state index in [9.17, 15) is 14.0 Å². The second-order valence-electron chi connectivity index (χ2n) is 7.64. The summed E-state index contributed by atoms with van der Waals surface area (Å²) < 4.78 is 19.5. The zero-order valence-electron chi connectivity index (χ0n) is 16.9. The summed E-state index contributed by atoms with van der Waals surface area (Å²) in [4.78, 5) is 24.1. The maximum absolute atomic E-state index is 13.4. The normalized spacial score (nSPS) is 20.6. The first-order chi connectivity index (χ1) is 15.0. The van der Waals surface area contributed by atoms with Crippen LogP contribution >= 0.6 is 0 Å². The van der Waals surface area contributed by atoms with Crippen molar-refractivity contribution in [3.05, 3.63) is 94.5 Å². The van der Waals surface area contributed by atoms with Crippen LogP contribution in [0.5, 0.6) is 0 Å². The van der Waals surface area contributed by atoms with Crippen molar-refractivity contribution in [2.24, 2.45) is 0 Å². The first-order valence-corrected chi connectivity index (χ1v) is 10.2. The molecule has 0 spiro atoms. The van der Waals surface area contributed by atoms with Gasteiger partial charge in [-0.2, -0.15) is 0 Å². The number of carbonyl (C=O) groups is 2. The van der Waals surface area contributed by atoms with E-state index in [2.05, 4.69) is 5.32 Å². The molecule has 2 amide bonds. The fourth-order valence-electron chi connectivity index (χ4n) is 4.09. The molecule has 1 aliphatic heterocycles. The molecule has 1 unspecified atom stereocenters. The molecule has 0 bridgehead atoms. The van der Waals surface area contributed by atoms with Gasteiger partial charge in [-0.1, -0.05) is 30.3 Å². The number of benzene rings is 2. The summed E-state index contributed by atoms with van der Waals surface area (Å²) in [5.41, 5.74) is 4.44. The molecule has 2 aromatic carbocycles. The molecule has 2 aliphatic rings. The van der Waals surface area contributed by atoms with E-state index in [0.717, 1.165) is 24.0 Å². The molecule has 1 heterocycles. The van der Waals surface area contributed by atoms with Gasteiger partial charge in [0.1, 0.15) is 11.4 Å². The Morgan fingerprint density at radius 3 is 2.16 bits per heavy atom. The van der Waals surface area contributed by atoms with Crippen molar-refractivity contribution in [3.63, 3.8) is 0 Å². The summed E-state index contributed by atoms with van der Waals surface area (Å²) in [5, 5.41) is 11.6. The third kappa shape index (κ3) is 4.28. The molecule has 1 fully saturated rings. The highest BCUT2D eigenvalue weighted by Crippen LogP contribution is 2.42. The second-order valence-corrected chi connectivity index (χ2v) is 7.64. The van der Waals surface area contributed by atoms with Gasteiger partial charge in [0.25, 0.3) is 11.8 Å². The summed E-state index contributed by atoms with van der Waals surface area (Å²) in [6.07, 6.45) is 5.85. The molecule has 1 saturated heterocycles. The number of rotatable bonds is 5. The average molecular weight is 422 g/mol. The monoisotopic (exact) mass is 422 g/mol. The van der Waals surface area contributed by atoms with E-state index in [1.165, 1.54) is 12.1 Å². The summed E-state index contributed by atoms with van der Waals surface area (Å²) in [5.74, 6) is -1.08. The van der Waals surface area contributed by atoms with E-state index < -0.39 is 11.5 Å². The molecule has 0 saturated carbocycles. The topological polar surface area (TPSA) is 87.7 Å². The number of halogens is 1. The van der Waals surface area contributed by atoms with Gasteiger partial charge in [-0.25, -0.2) is 9.87 Å². The number of allylic oxidation sites excluding steroid dienone is 3. The minimum absolute atomic E-state index is 0.246. The minimum atomic E-state index is -0.636. The van der Waals surface area contributed by atoms with Gasteiger partial charge < -0.3 is 10.1 Å². The van der Waals surface area contributed by atoms with Crippen LogP contribution < -0.4 is 10.8 Å². The molecule has 1 aliphatic carbocycles. The van der Waals surface area contributed by atoms with Crippen molar-refractivity contribution < 1.29 is 23.9 Å². The molecule has 160 valence electrons. The van der Waals surface area contributed by atoms with Gasteiger partial charge in [-0.3, -0.25) is 14.8 Å². The summed E-state index contributed by atoms with van der Waals surface area (Å²) in [6.45, 7) is 0.623. The van der Waals surface area contributed by atoms with Crippen LogP contribution in [0.2, 0.25) is 0 Å². The molecule has 0 aromatic heterocycles. The molecule has 6 nitrogen and oxygen atoms in total. The third-order valence-corrected chi connectivity index (χ3v) is 5.76. The maximum Gasteiger partial charge on any atom is 0.270 e. The van der Waals surface area contributed by atoms with Crippen molar-refractivity contribution in [1.82, 2.24) is 10.8 Å². The number of carbonyl (C=O) groups excluding carboxylic acids is 2. The highest BCUT2D eigenvalue weighted by Gasteiger charge is 2.38. The lowest BCUT2D eigenvalue weighted by Gasteiger charge is -2.30. The Bertz CT molecular complexity index is 1040. The van der Waals surface area contributed by atoms with Gasteiger partial charge in [0, 0.05) is 23.4 Å². The summed E-state index contributed by atoms with van der Waals surface area (Å²) in [6, 6.07) is 13.6. The van der Waals surface area contributed by atoms with Gasteiger partial charge in [-0.05, 0) is 67.2 Å².